The predicted molar refractivity (Wildman–Crippen MR) is 68.1 cm³/mol. The minimum Gasteiger partial charge on any atom is -0.382 e. The minimum absolute atomic E-state index is 0.0975. The van der Waals surface area contributed by atoms with Gasteiger partial charge in [0.05, 0.1) is 10.6 Å². The molecule has 1 N–H and O–H groups in total. The van der Waals surface area contributed by atoms with Gasteiger partial charge in [-0.25, -0.2) is 4.39 Å². The lowest BCUT2D eigenvalue weighted by Gasteiger charge is -2.36. The molecule has 1 aromatic rings. The molecule has 2 nitrogen and oxygen atoms in total. The summed E-state index contributed by atoms with van der Waals surface area (Å²) in [6, 6.07) is 5.07. The quantitative estimate of drug-likeness (QED) is 0.869. The highest BCUT2D eigenvalue weighted by Crippen LogP contribution is 2.27. The zero-order chi connectivity index (χ0) is 12.5. The highest BCUT2D eigenvalue weighted by Gasteiger charge is 2.28. The van der Waals surface area contributed by atoms with Crippen LogP contribution in [0, 0.1) is 5.82 Å². The van der Waals surface area contributed by atoms with Gasteiger partial charge in [-0.15, -0.1) is 0 Å². The molecular formula is C13H17ClFNO. The largest absolute Gasteiger partial charge is 0.382 e. The van der Waals surface area contributed by atoms with E-state index in [2.05, 4.69) is 19.2 Å². The Morgan fingerprint density at radius 2 is 2.24 bits per heavy atom. The summed E-state index contributed by atoms with van der Waals surface area (Å²) in [5.41, 5.74) is 0.763. The van der Waals surface area contributed by atoms with Gasteiger partial charge in [0.25, 0.3) is 0 Å². The minimum atomic E-state index is -0.385. The van der Waals surface area contributed by atoms with E-state index >= 15 is 0 Å². The first-order valence-corrected chi connectivity index (χ1v) is 6.20. The second kappa shape index (κ2) is 4.83. The molecule has 1 atom stereocenters. The van der Waals surface area contributed by atoms with Crippen molar-refractivity contribution in [3.8, 4) is 0 Å². The van der Waals surface area contributed by atoms with E-state index in [1.54, 1.807) is 12.1 Å². The molecule has 0 amide bonds. The van der Waals surface area contributed by atoms with Crippen molar-refractivity contribution < 1.29 is 9.13 Å². The molecule has 0 spiro atoms. The average molecular weight is 258 g/mol. The summed E-state index contributed by atoms with van der Waals surface area (Å²) in [6.07, 6.45) is 1.89. The molecule has 1 heterocycles. The number of hydrogen-bond donors (Lipinski definition) is 1. The normalized spacial score (nSPS) is 23.4. The smallest absolute Gasteiger partial charge is 0.141 e. The molecular weight excluding hydrogens is 241 g/mol. The SMILES string of the molecule is CC1(C)CC(Nc2ccc(F)c(Cl)c2)CCO1. The fourth-order valence-electron chi connectivity index (χ4n) is 2.18. The molecule has 1 aliphatic rings. The molecule has 94 valence electrons. The van der Waals surface area contributed by atoms with Gasteiger partial charge in [-0.2, -0.15) is 0 Å². The third kappa shape index (κ3) is 3.33. The Hall–Kier alpha value is -0.800. The summed E-state index contributed by atoms with van der Waals surface area (Å²) in [6.45, 7) is 4.91. The molecule has 0 saturated carbocycles. The van der Waals surface area contributed by atoms with E-state index in [1.165, 1.54) is 6.07 Å². The van der Waals surface area contributed by atoms with Crippen molar-refractivity contribution in [3.63, 3.8) is 0 Å². The Morgan fingerprint density at radius 3 is 2.88 bits per heavy atom. The molecule has 0 radical (unpaired) electrons. The summed E-state index contributed by atoms with van der Waals surface area (Å²) in [7, 11) is 0. The van der Waals surface area contributed by atoms with Gasteiger partial charge in [-0.05, 0) is 44.9 Å². The van der Waals surface area contributed by atoms with E-state index < -0.39 is 0 Å². The van der Waals surface area contributed by atoms with Gasteiger partial charge in [-0.3, -0.25) is 0 Å². The van der Waals surface area contributed by atoms with Crippen LogP contribution >= 0.6 is 11.6 Å². The van der Waals surface area contributed by atoms with Crippen molar-refractivity contribution in [2.75, 3.05) is 11.9 Å². The van der Waals surface area contributed by atoms with Crippen LogP contribution in [0.5, 0.6) is 0 Å². The summed E-state index contributed by atoms with van der Waals surface area (Å²) in [4.78, 5) is 0. The Bertz CT molecular complexity index is 408. The van der Waals surface area contributed by atoms with Gasteiger partial charge in [-0.1, -0.05) is 11.6 Å². The predicted octanol–water partition coefficient (Wildman–Crippen LogP) is 3.85. The maximum absolute atomic E-state index is 13.0. The van der Waals surface area contributed by atoms with Crippen molar-refractivity contribution >= 4 is 17.3 Å². The van der Waals surface area contributed by atoms with Gasteiger partial charge >= 0.3 is 0 Å². The van der Waals surface area contributed by atoms with Gasteiger partial charge in [0.2, 0.25) is 0 Å². The summed E-state index contributed by atoms with van der Waals surface area (Å²) < 4.78 is 18.7. The summed E-state index contributed by atoms with van der Waals surface area (Å²) in [5.74, 6) is -0.385. The van der Waals surface area contributed by atoms with Crippen LogP contribution in [0.1, 0.15) is 26.7 Å². The fourth-order valence-corrected chi connectivity index (χ4v) is 2.36. The van der Waals surface area contributed by atoms with Crippen molar-refractivity contribution in [1.29, 1.82) is 0 Å². The van der Waals surface area contributed by atoms with Crippen molar-refractivity contribution in [2.24, 2.45) is 0 Å². The molecule has 1 unspecified atom stereocenters. The first-order chi connectivity index (χ1) is 7.96. The monoisotopic (exact) mass is 257 g/mol. The van der Waals surface area contributed by atoms with E-state index in [0.717, 1.165) is 25.1 Å². The Morgan fingerprint density at radius 1 is 1.47 bits per heavy atom. The van der Waals surface area contributed by atoms with Crippen LogP contribution < -0.4 is 5.32 Å². The second-order valence-electron chi connectivity index (χ2n) is 5.07. The van der Waals surface area contributed by atoms with Gasteiger partial charge in [0.1, 0.15) is 5.82 Å². The third-order valence-electron chi connectivity index (χ3n) is 2.99. The molecule has 2 rings (SSSR count). The number of rotatable bonds is 2. The standard InChI is InChI=1S/C13H17ClFNO/c1-13(2)8-10(5-6-17-13)16-9-3-4-12(15)11(14)7-9/h3-4,7,10,16H,5-6,8H2,1-2H3. The van der Waals surface area contributed by atoms with E-state index in [0.29, 0.717) is 6.04 Å². The fraction of sp³-hybridized carbons (Fsp3) is 0.538. The lowest BCUT2D eigenvalue weighted by molar-refractivity contribution is -0.0553. The van der Waals surface area contributed by atoms with Crippen molar-refractivity contribution in [3.05, 3.63) is 29.0 Å². The van der Waals surface area contributed by atoms with Gasteiger partial charge in [0.15, 0.2) is 0 Å². The van der Waals surface area contributed by atoms with Gasteiger partial charge < -0.3 is 10.1 Å². The zero-order valence-corrected chi connectivity index (χ0v) is 10.9. The van der Waals surface area contributed by atoms with Crippen LogP contribution in [0.15, 0.2) is 18.2 Å². The van der Waals surface area contributed by atoms with E-state index in [-0.39, 0.29) is 16.4 Å². The number of anilines is 1. The van der Waals surface area contributed by atoms with E-state index in [4.69, 9.17) is 16.3 Å². The first-order valence-electron chi connectivity index (χ1n) is 5.82. The summed E-state index contributed by atoms with van der Waals surface area (Å²) >= 11 is 5.75. The molecule has 1 aliphatic heterocycles. The van der Waals surface area contributed by atoms with E-state index in [1.807, 2.05) is 0 Å². The highest BCUT2D eigenvalue weighted by atomic mass is 35.5. The zero-order valence-electron chi connectivity index (χ0n) is 10.1. The summed E-state index contributed by atoms with van der Waals surface area (Å²) in [5, 5.41) is 3.53. The first kappa shape index (κ1) is 12.7. The van der Waals surface area contributed by atoms with Crippen LogP contribution in [-0.4, -0.2) is 18.2 Å². The molecule has 4 heteroatoms. The van der Waals surface area contributed by atoms with E-state index in [9.17, 15) is 4.39 Å². The molecule has 0 aliphatic carbocycles. The van der Waals surface area contributed by atoms with Crippen LogP contribution in [0.25, 0.3) is 0 Å². The van der Waals surface area contributed by atoms with Crippen LogP contribution in [0.4, 0.5) is 10.1 Å². The maximum Gasteiger partial charge on any atom is 0.141 e. The number of hydrogen-bond acceptors (Lipinski definition) is 2. The molecule has 1 aromatic carbocycles. The van der Waals surface area contributed by atoms with Crippen molar-refractivity contribution in [2.45, 2.75) is 38.3 Å². The molecule has 0 bridgehead atoms. The van der Waals surface area contributed by atoms with Crippen LogP contribution in [0.3, 0.4) is 0 Å². The topological polar surface area (TPSA) is 21.3 Å². The third-order valence-corrected chi connectivity index (χ3v) is 3.28. The highest BCUT2D eigenvalue weighted by molar-refractivity contribution is 6.31. The number of nitrogens with one attached hydrogen (secondary N) is 1. The van der Waals surface area contributed by atoms with Crippen molar-refractivity contribution in [1.82, 2.24) is 0 Å². The second-order valence-corrected chi connectivity index (χ2v) is 5.48. The molecule has 1 fully saturated rings. The molecule has 0 aromatic heterocycles. The Balaban J connectivity index is 2.03. The lowest BCUT2D eigenvalue weighted by Crippen LogP contribution is -2.40. The number of benzene rings is 1. The number of ether oxygens (including phenoxy) is 1. The maximum atomic E-state index is 13.0. The molecule has 1 saturated heterocycles. The number of halogens is 2. The lowest BCUT2D eigenvalue weighted by atomic mass is 9.94. The van der Waals surface area contributed by atoms with Gasteiger partial charge in [0, 0.05) is 18.3 Å². The van der Waals surface area contributed by atoms with Crippen LogP contribution in [-0.2, 0) is 4.74 Å². The Kier molecular flexibility index (Phi) is 3.59. The van der Waals surface area contributed by atoms with Crippen LogP contribution in [0.2, 0.25) is 5.02 Å². The molecule has 17 heavy (non-hydrogen) atoms. The Labute approximate surface area is 106 Å². The average Bonchev–Trinajstić information content (AvgIpc) is 2.22.